The van der Waals surface area contributed by atoms with Gasteiger partial charge in [0.05, 0.1) is 13.2 Å². The first-order chi connectivity index (χ1) is 14.9. The summed E-state index contributed by atoms with van der Waals surface area (Å²) in [5.74, 6) is 3.12. The maximum Gasteiger partial charge on any atom is 0.204 e. The first-order valence-electron chi connectivity index (χ1n) is 11.5. The van der Waals surface area contributed by atoms with Crippen LogP contribution in [0.1, 0.15) is 66.2 Å². The van der Waals surface area contributed by atoms with Gasteiger partial charge in [0, 0.05) is 5.56 Å². The molecule has 168 valence electrons. The molecular formula is C25H36N4O2. The summed E-state index contributed by atoms with van der Waals surface area (Å²) in [6.45, 7) is 10.6. The van der Waals surface area contributed by atoms with Gasteiger partial charge in [0.25, 0.3) is 0 Å². The number of allylic oxidation sites excluding steroid dienone is 3. The molecule has 6 nitrogen and oxygen atoms in total. The minimum atomic E-state index is 0.337. The van der Waals surface area contributed by atoms with Crippen LogP contribution in [0.4, 0.5) is 0 Å². The normalized spacial score (nSPS) is 16.6. The van der Waals surface area contributed by atoms with Crippen LogP contribution >= 0.6 is 0 Å². The Balaban J connectivity index is 1.40. The van der Waals surface area contributed by atoms with E-state index in [0.717, 1.165) is 55.8 Å². The summed E-state index contributed by atoms with van der Waals surface area (Å²) in [6, 6.07) is 7.75. The number of ether oxygens (including phenoxy) is 2. The van der Waals surface area contributed by atoms with Crippen molar-refractivity contribution >= 4 is 0 Å². The highest BCUT2D eigenvalue weighted by molar-refractivity contribution is 5.54. The summed E-state index contributed by atoms with van der Waals surface area (Å²) in [4.78, 5) is 0. The van der Waals surface area contributed by atoms with Crippen LogP contribution in [0.2, 0.25) is 0 Å². The summed E-state index contributed by atoms with van der Waals surface area (Å²) in [5, 5.41) is 14.0. The Hall–Kier alpha value is -2.63. The minimum absolute atomic E-state index is 0.337. The molecule has 1 atom stereocenters. The van der Waals surface area contributed by atoms with E-state index in [1.54, 1.807) is 0 Å². The van der Waals surface area contributed by atoms with Gasteiger partial charge in [-0.2, -0.15) is 5.21 Å². The van der Waals surface area contributed by atoms with E-state index < -0.39 is 0 Å². The van der Waals surface area contributed by atoms with E-state index in [1.165, 1.54) is 12.0 Å². The SMILES string of the molecule is CCCC1=CCC(CC(C)(C)C)C=C1OCCCCOc1ccc(-c2nn[nH]n2)cc1. The maximum absolute atomic E-state index is 6.22. The van der Waals surface area contributed by atoms with Gasteiger partial charge in [-0.15, -0.1) is 10.2 Å². The number of benzene rings is 1. The second-order valence-electron chi connectivity index (χ2n) is 9.43. The Morgan fingerprint density at radius 1 is 1.06 bits per heavy atom. The number of nitrogens with zero attached hydrogens (tertiary/aromatic N) is 3. The number of aromatic amines is 1. The molecule has 0 aliphatic heterocycles. The molecule has 1 N–H and O–H groups in total. The van der Waals surface area contributed by atoms with Crippen molar-refractivity contribution in [2.45, 2.75) is 66.2 Å². The molecular weight excluding hydrogens is 388 g/mol. The van der Waals surface area contributed by atoms with Gasteiger partial charge >= 0.3 is 0 Å². The number of H-pyrrole nitrogens is 1. The van der Waals surface area contributed by atoms with Crippen LogP contribution in [0.15, 0.2) is 47.7 Å². The van der Waals surface area contributed by atoms with Crippen molar-refractivity contribution in [1.29, 1.82) is 0 Å². The summed E-state index contributed by atoms with van der Waals surface area (Å²) in [5.41, 5.74) is 2.63. The molecule has 0 saturated carbocycles. The molecule has 3 rings (SSSR count). The number of hydrogen-bond donors (Lipinski definition) is 1. The number of aromatic nitrogens is 4. The standard InChI is InChI=1S/C25H36N4O2/c1-5-8-20-10-9-19(18-25(2,3)4)17-23(20)31-16-7-6-15-30-22-13-11-21(12-14-22)24-26-28-29-27-24/h10-14,17,19H,5-9,15-16,18H2,1-4H3,(H,26,27,28,29). The maximum atomic E-state index is 6.22. The number of rotatable bonds is 11. The largest absolute Gasteiger partial charge is 0.494 e. The molecule has 2 aromatic rings. The summed E-state index contributed by atoms with van der Waals surface area (Å²) in [6.07, 6.45) is 11.3. The zero-order valence-corrected chi connectivity index (χ0v) is 19.4. The molecule has 1 aromatic carbocycles. The van der Waals surface area contributed by atoms with Gasteiger partial charge in [-0.3, -0.25) is 0 Å². The lowest BCUT2D eigenvalue weighted by molar-refractivity contribution is 0.194. The second-order valence-corrected chi connectivity index (χ2v) is 9.43. The highest BCUT2D eigenvalue weighted by Gasteiger charge is 2.21. The fourth-order valence-electron chi connectivity index (χ4n) is 3.91. The molecule has 1 aliphatic carbocycles. The fraction of sp³-hybridized carbons (Fsp3) is 0.560. The Kier molecular flexibility index (Phi) is 8.27. The molecule has 0 fully saturated rings. The van der Waals surface area contributed by atoms with Crippen molar-refractivity contribution in [3.05, 3.63) is 47.7 Å². The third-order valence-electron chi connectivity index (χ3n) is 5.29. The average molecular weight is 425 g/mol. The van der Waals surface area contributed by atoms with Crippen molar-refractivity contribution in [3.63, 3.8) is 0 Å². The lowest BCUT2D eigenvalue weighted by atomic mass is 9.80. The Bertz CT molecular complexity index is 849. The van der Waals surface area contributed by atoms with Crippen LogP contribution in [-0.4, -0.2) is 33.8 Å². The van der Waals surface area contributed by atoms with E-state index in [0.29, 0.717) is 23.8 Å². The van der Waals surface area contributed by atoms with Gasteiger partial charge in [-0.25, -0.2) is 0 Å². The van der Waals surface area contributed by atoms with Gasteiger partial charge in [-0.1, -0.05) is 40.2 Å². The van der Waals surface area contributed by atoms with Gasteiger partial charge < -0.3 is 9.47 Å². The van der Waals surface area contributed by atoms with Crippen LogP contribution in [-0.2, 0) is 4.74 Å². The molecule has 0 saturated heterocycles. The fourth-order valence-corrected chi connectivity index (χ4v) is 3.91. The van der Waals surface area contributed by atoms with Gasteiger partial charge in [0.2, 0.25) is 5.82 Å². The monoisotopic (exact) mass is 424 g/mol. The second kappa shape index (κ2) is 11.1. The van der Waals surface area contributed by atoms with E-state index in [2.05, 4.69) is 60.5 Å². The van der Waals surface area contributed by atoms with Crippen molar-refractivity contribution in [3.8, 4) is 17.1 Å². The number of hydrogen-bond acceptors (Lipinski definition) is 5. The number of unbranched alkanes of at least 4 members (excludes halogenated alkanes) is 1. The van der Waals surface area contributed by atoms with Crippen LogP contribution in [0.5, 0.6) is 5.75 Å². The predicted molar refractivity (Wildman–Crippen MR) is 124 cm³/mol. The first kappa shape index (κ1) is 23.0. The van der Waals surface area contributed by atoms with E-state index in [-0.39, 0.29) is 0 Å². The van der Waals surface area contributed by atoms with Crippen molar-refractivity contribution < 1.29 is 9.47 Å². The van der Waals surface area contributed by atoms with Crippen molar-refractivity contribution in [2.24, 2.45) is 11.3 Å². The third-order valence-corrected chi connectivity index (χ3v) is 5.29. The molecule has 1 aromatic heterocycles. The number of tetrazole rings is 1. The minimum Gasteiger partial charge on any atom is -0.494 e. The van der Waals surface area contributed by atoms with Gasteiger partial charge in [-0.05, 0) is 84.6 Å². The zero-order valence-electron chi connectivity index (χ0n) is 19.4. The molecule has 0 bridgehead atoms. The third kappa shape index (κ3) is 7.53. The molecule has 6 heteroatoms. The molecule has 0 amide bonds. The topological polar surface area (TPSA) is 72.9 Å². The molecule has 0 radical (unpaired) electrons. The Morgan fingerprint density at radius 2 is 1.81 bits per heavy atom. The van der Waals surface area contributed by atoms with Gasteiger partial charge in [0.1, 0.15) is 11.5 Å². The zero-order chi connectivity index (χ0) is 22.1. The average Bonchev–Trinajstić information content (AvgIpc) is 3.26. The molecule has 1 heterocycles. The molecule has 1 aliphatic rings. The smallest absolute Gasteiger partial charge is 0.204 e. The lowest BCUT2D eigenvalue weighted by Gasteiger charge is -2.27. The van der Waals surface area contributed by atoms with E-state index in [1.807, 2.05) is 24.3 Å². The number of nitrogens with one attached hydrogen (secondary N) is 1. The highest BCUT2D eigenvalue weighted by Crippen LogP contribution is 2.34. The van der Waals surface area contributed by atoms with Gasteiger partial charge in [0.15, 0.2) is 0 Å². The van der Waals surface area contributed by atoms with Crippen LogP contribution < -0.4 is 4.74 Å². The van der Waals surface area contributed by atoms with Crippen LogP contribution in [0.3, 0.4) is 0 Å². The van der Waals surface area contributed by atoms with Crippen molar-refractivity contribution in [2.75, 3.05) is 13.2 Å². The van der Waals surface area contributed by atoms with E-state index >= 15 is 0 Å². The summed E-state index contributed by atoms with van der Waals surface area (Å²) >= 11 is 0. The predicted octanol–water partition coefficient (Wildman–Crippen LogP) is 6.11. The Labute approximate surface area is 186 Å². The van der Waals surface area contributed by atoms with E-state index in [9.17, 15) is 0 Å². The summed E-state index contributed by atoms with van der Waals surface area (Å²) in [7, 11) is 0. The van der Waals surface area contributed by atoms with E-state index in [4.69, 9.17) is 9.47 Å². The lowest BCUT2D eigenvalue weighted by Crippen LogP contribution is -2.15. The Morgan fingerprint density at radius 3 is 2.45 bits per heavy atom. The van der Waals surface area contributed by atoms with Crippen LogP contribution in [0.25, 0.3) is 11.4 Å². The first-order valence-corrected chi connectivity index (χ1v) is 11.5. The molecule has 0 spiro atoms. The van der Waals surface area contributed by atoms with Crippen molar-refractivity contribution in [1.82, 2.24) is 20.6 Å². The molecule has 31 heavy (non-hydrogen) atoms. The highest BCUT2D eigenvalue weighted by atomic mass is 16.5. The van der Waals surface area contributed by atoms with Crippen LogP contribution in [0, 0.1) is 11.3 Å². The molecule has 1 unspecified atom stereocenters. The summed E-state index contributed by atoms with van der Waals surface area (Å²) < 4.78 is 12.1. The quantitative estimate of drug-likeness (QED) is 0.441.